The molecule has 3 aliphatic rings. The molecule has 200 valence electrons. The zero-order chi connectivity index (χ0) is 26.2. The molecule has 1 saturated carbocycles. The number of hydrogen-bond donors (Lipinski definition) is 1. The number of benzene rings is 1. The summed E-state index contributed by atoms with van der Waals surface area (Å²) < 4.78 is 6.09. The van der Waals surface area contributed by atoms with Crippen LogP contribution in [0.5, 0.6) is 5.75 Å². The molecule has 1 atom stereocenters. The Bertz CT molecular complexity index is 1070. The number of oxime groups is 1. The van der Waals surface area contributed by atoms with Crippen LogP contribution in [0.2, 0.25) is 5.02 Å². The summed E-state index contributed by atoms with van der Waals surface area (Å²) in [5.74, 6) is 1.31. The summed E-state index contributed by atoms with van der Waals surface area (Å²) in [5.41, 5.74) is 3.23. The zero-order valence-corrected chi connectivity index (χ0v) is 22.6. The fourth-order valence-electron chi connectivity index (χ4n) is 4.94. The number of rotatable bonds is 4. The van der Waals surface area contributed by atoms with Crippen molar-refractivity contribution in [2.24, 2.45) is 11.1 Å². The Balaban J connectivity index is 1.63. The van der Waals surface area contributed by atoms with Crippen molar-refractivity contribution in [1.29, 1.82) is 0 Å². The van der Waals surface area contributed by atoms with E-state index in [-0.39, 0.29) is 23.3 Å². The third-order valence-corrected chi connectivity index (χ3v) is 7.60. The lowest BCUT2D eigenvalue weighted by Gasteiger charge is -2.26. The van der Waals surface area contributed by atoms with E-state index in [9.17, 15) is 9.90 Å². The van der Waals surface area contributed by atoms with Gasteiger partial charge in [0.1, 0.15) is 11.5 Å². The van der Waals surface area contributed by atoms with Gasteiger partial charge in [-0.05, 0) is 86.5 Å². The predicted octanol–water partition coefficient (Wildman–Crippen LogP) is 6.77. The lowest BCUT2D eigenvalue weighted by atomic mass is 9.92. The Labute approximate surface area is 225 Å². The number of amides is 1. The minimum atomic E-state index is -0.0970. The first-order valence-electron chi connectivity index (χ1n) is 13.6. The molecule has 0 bridgehead atoms. The van der Waals surface area contributed by atoms with Gasteiger partial charge >= 0.3 is 0 Å². The molecule has 0 radical (unpaired) electrons. The van der Waals surface area contributed by atoms with Crippen molar-refractivity contribution < 1.29 is 19.5 Å². The molecule has 2 heterocycles. The van der Waals surface area contributed by atoms with Crippen LogP contribution in [0.15, 0.2) is 42.1 Å². The number of allylic oxidation sites excluding steroid dienone is 4. The maximum Gasteiger partial charge on any atom is 0.263 e. The minimum Gasteiger partial charge on any atom is -0.506 e. The van der Waals surface area contributed by atoms with E-state index in [1.54, 1.807) is 6.07 Å². The highest BCUT2D eigenvalue weighted by Crippen LogP contribution is 2.48. The molecule has 1 unspecified atom stereocenters. The molecule has 2 aliphatic heterocycles. The second-order valence-corrected chi connectivity index (χ2v) is 10.7. The molecule has 1 aromatic carbocycles. The van der Waals surface area contributed by atoms with Crippen molar-refractivity contribution in [2.45, 2.75) is 70.6 Å². The predicted molar refractivity (Wildman–Crippen MR) is 149 cm³/mol. The van der Waals surface area contributed by atoms with E-state index in [1.165, 1.54) is 0 Å². The summed E-state index contributed by atoms with van der Waals surface area (Å²) in [5, 5.41) is 15.3. The van der Waals surface area contributed by atoms with Crippen LogP contribution >= 0.6 is 11.6 Å². The number of phenolic OH excluding ortho intramolecular Hbond substituents is 1. The summed E-state index contributed by atoms with van der Waals surface area (Å²) in [4.78, 5) is 20.0. The maximum atomic E-state index is 12.6. The van der Waals surface area contributed by atoms with Gasteiger partial charge in [-0.15, -0.1) is 0 Å². The molecule has 0 aromatic heterocycles. The molecular weight excluding hydrogens is 488 g/mol. The van der Waals surface area contributed by atoms with E-state index in [0.717, 1.165) is 81.1 Å². The normalized spacial score (nSPS) is 24.4. The van der Waals surface area contributed by atoms with Crippen LogP contribution in [0, 0.1) is 5.92 Å². The van der Waals surface area contributed by atoms with E-state index in [0.29, 0.717) is 36.3 Å². The van der Waals surface area contributed by atoms with E-state index >= 15 is 0 Å². The first kappa shape index (κ1) is 27.3. The molecular formula is C30H39ClN2O4. The quantitative estimate of drug-likeness (QED) is 0.347. The average Bonchev–Trinajstić information content (AvgIpc) is 3.73. The number of halogens is 1. The van der Waals surface area contributed by atoms with E-state index in [2.05, 4.69) is 36.9 Å². The summed E-state index contributed by atoms with van der Waals surface area (Å²) in [6, 6.07) is 1.76. The number of aromatic hydroxyl groups is 1. The molecule has 4 rings (SSSR count). The number of phenols is 1. The van der Waals surface area contributed by atoms with Crippen molar-refractivity contribution in [3.05, 3.63) is 58.7 Å². The van der Waals surface area contributed by atoms with Crippen LogP contribution in [0.1, 0.15) is 80.9 Å². The summed E-state index contributed by atoms with van der Waals surface area (Å²) in [7, 11) is 0. The van der Waals surface area contributed by atoms with Gasteiger partial charge in [0.05, 0.1) is 17.3 Å². The molecule has 1 saturated heterocycles. The fraction of sp³-hybridized carbons (Fsp3) is 0.533. The van der Waals surface area contributed by atoms with Gasteiger partial charge in [0.25, 0.3) is 5.91 Å². The SMILES string of the molecule is C=C1OCCC/C=C/C(C)C/C=C/C(=N/OCC(=O)N2CCCCC2)Cc2c(Cl)c(O)cc(C3CC3)c21. The molecule has 6 nitrogen and oxygen atoms in total. The van der Waals surface area contributed by atoms with Gasteiger partial charge in [-0.1, -0.05) is 48.5 Å². The van der Waals surface area contributed by atoms with Crippen molar-refractivity contribution in [1.82, 2.24) is 4.90 Å². The Morgan fingerprint density at radius 1 is 1.24 bits per heavy atom. The number of ether oxygens (including phenoxy) is 1. The van der Waals surface area contributed by atoms with Gasteiger partial charge < -0.3 is 19.6 Å². The number of hydrogen-bond acceptors (Lipinski definition) is 5. The van der Waals surface area contributed by atoms with Crippen LogP contribution in [-0.4, -0.2) is 47.9 Å². The zero-order valence-electron chi connectivity index (χ0n) is 21.9. The second kappa shape index (κ2) is 13.2. The number of carbonyl (C=O) groups excluding carboxylic acids is 1. The van der Waals surface area contributed by atoms with Crippen LogP contribution < -0.4 is 0 Å². The van der Waals surface area contributed by atoms with E-state index < -0.39 is 0 Å². The molecule has 1 amide bonds. The van der Waals surface area contributed by atoms with Gasteiger partial charge in [0.2, 0.25) is 0 Å². The molecule has 7 heteroatoms. The van der Waals surface area contributed by atoms with Crippen molar-refractivity contribution in [2.75, 3.05) is 26.3 Å². The summed E-state index contributed by atoms with van der Waals surface area (Å²) in [6.07, 6.45) is 16.8. The molecule has 1 aromatic rings. The highest BCUT2D eigenvalue weighted by atomic mass is 35.5. The Morgan fingerprint density at radius 3 is 2.78 bits per heavy atom. The van der Waals surface area contributed by atoms with Gasteiger partial charge in [-0.25, -0.2) is 0 Å². The number of piperidine rings is 1. The minimum absolute atomic E-state index is 0.0437. The van der Waals surface area contributed by atoms with Crippen LogP contribution in [-0.2, 0) is 20.8 Å². The Kier molecular flexibility index (Phi) is 9.73. The number of fused-ring (bicyclic) bond motifs is 1. The van der Waals surface area contributed by atoms with Gasteiger partial charge in [0.15, 0.2) is 6.61 Å². The topological polar surface area (TPSA) is 71.4 Å². The number of likely N-dealkylation sites (tertiary alicyclic amines) is 1. The van der Waals surface area contributed by atoms with Crippen LogP contribution in [0.25, 0.3) is 5.76 Å². The van der Waals surface area contributed by atoms with Crippen LogP contribution in [0.3, 0.4) is 0 Å². The summed E-state index contributed by atoms with van der Waals surface area (Å²) in [6.45, 7) is 8.43. The van der Waals surface area contributed by atoms with Crippen molar-refractivity contribution in [3.8, 4) is 5.75 Å². The fourth-order valence-corrected chi connectivity index (χ4v) is 5.15. The third-order valence-electron chi connectivity index (χ3n) is 7.18. The highest BCUT2D eigenvalue weighted by Gasteiger charge is 2.31. The molecule has 1 aliphatic carbocycles. The first-order chi connectivity index (χ1) is 17.9. The number of carbonyl (C=O) groups is 1. The largest absolute Gasteiger partial charge is 0.506 e. The Morgan fingerprint density at radius 2 is 2.03 bits per heavy atom. The molecule has 37 heavy (non-hydrogen) atoms. The first-order valence-corrected chi connectivity index (χ1v) is 14.0. The van der Waals surface area contributed by atoms with Crippen molar-refractivity contribution >= 4 is 29.0 Å². The molecule has 2 fully saturated rings. The summed E-state index contributed by atoms with van der Waals surface area (Å²) >= 11 is 6.69. The lowest BCUT2D eigenvalue weighted by Crippen LogP contribution is -2.37. The van der Waals surface area contributed by atoms with Crippen LogP contribution in [0.4, 0.5) is 0 Å². The maximum absolute atomic E-state index is 12.6. The lowest BCUT2D eigenvalue weighted by molar-refractivity contribution is -0.137. The van der Waals surface area contributed by atoms with Crippen molar-refractivity contribution in [3.63, 3.8) is 0 Å². The van der Waals surface area contributed by atoms with Gasteiger partial charge in [-0.2, -0.15) is 0 Å². The second-order valence-electron chi connectivity index (χ2n) is 10.4. The van der Waals surface area contributed by atoms with Gasteiger partial charge in [0, 0.05) is 25.1 Å². The third kappa shape index (κ3) is 7.64. The molecule has 1 N–H and O–H groups in total. The smallest absolute Gasteiger partial charge is 0.263 e. The van der Waals surface area contributed by atoms with E-state index in [4.69, 9.17) is 21.2 Å². The van der Waals surface area contributed by atoms with E-state index in [1.807, 2.05) is 11.0 Å². The molecule has 0 spiro atoms. The number of nitrogens with zero attached hydrogens (tertiary/aromatic N) is 2. The Hall–Kier alpha value is -2.73. The standard InChI is InChI=1S/C30H39ClN2O4/c1-21-10-5-3-8-17-36-22(2)29-25(23-13-14-23)19-27(34)30(31)26(29)18-24(12-9-11-21)32-37-20-28(35)33-15-6-4-7-16-33/h5,9-10,12,19,21,23,34H,2-4,6-8,11,13-18,20H2,1H3/b10-5+,12-9+,32-24-. The highest BCUT2D eigenvalue weighted by molar-refractivity contribution is 6.33. The van der Waals surface area contributed by atoms with Gasteiger partial charge in [-0.3, -0.25) is 4.79 Å². The monoisotopic (exact) mass is 526 g/mol. The average molecular weight is 527 g/mol.